The van der Waals surface area contributed by atoms with Gasteiger partial charge in [0.25, 0.3) is 0 Å². The molecule has 2 heteroatoms. The Balaban J connectivity index is 2.01. The van der Waals surface area contributed by atoms with Gasteiger partial charge in [-0.3, -0.25) is 4.98 Å². The SMILES string of the molecule is Ic1ccc(C2CCCCCCCC2)cn1. The van der Waals surface area contributed by atoms with Crippen molar-refractivity contribution in [2.75, 3.05) is 0 Å². The lowest BCUT2D eigenvalue weighted by atomic mass is 9.91. The van der Waals surface area contributed by atoms with E-state index in [0.717, 1.165) is 9.62 Å². The highest BCUT2D eigenvalue weighted by Gasteiger charge is 2.12. The zero-order valence-electron chi connectivity index (χ0n) is 9.79. The molecular formula is C14H20IN. The number of pyridine rings is 1. The van der Waals surface area contributed by atoms with E-state index >= 15 is 0 Å². The first-order valence-electron chi connectivity index (χ1n) is 6.48. The van der Waals surface area contributed by atoms with Crippen molar-refractivity contribution in [1.82, 2.24) is 4.98 Å². The third kappa shape index (κ3) is 3.72. The number of halogens is 1. The molecule has 1 aliphatic carbocycles. The summed E-state index contributed by atoms with van der Waals surface area (Å²) < 4.78 is 1.10. The predicted molar refractivity (Wildman–Crippen MR) is 76.6 cm³/mol. The van der Waals surface area contributed by atoms with E-state index in [-0.39, 0.29) is 0 Å². The van der Waals surface area contributed by atoms with Crippen molar-refractivity contribution in [2.45, 2.75) is 57.3 Å². The molecule has 0 spiro atoms. The molecule has 1 nitrogen and oxygen atoms in total. The van der Waals surface area contributed by atoms with Gasteiger partial charge >= 0.3 is 0 Å². The van der Waals surface area contributed by atoms with Crippen LogP contribution in [0.25, 0.3) is 0 Å². The van der Waals surface area contributed by atoms with Crippen molar-refractivity contribution < 1.29 is 0 Å². The van der Waals surface area contributed by atoms with Crippen molar-refractivity contribution in [3.63, 3.8) is 0 Å². The largest absolute Gasteiger partial charge is 0.250 e. The second-order valence-electron chi connectivity index (χ2n) is 4.81. The van der Waals surface area contributed by atoms with Gasteiger partial charge in [0, 0.05) is 6.20 Å². The quantitative estimate of drug-likeness (QED) is 0.527. The lowest BCUT2D eigenvalue weighted by Crippen LogP contribution is -2.00. The van der Waals surface area contributed by atoms with Crippen LogP contribution in [-0.4, -0.2) is 4.98 Å². The Labute approximate surface area is 112 Å². The topological polar surface area (TPSA) is 12.9 Å². The van der Waals surface area contributed by atoms with Gasteiger partial charge in [-0.25, -0.2) is 0 Å². The van der Waals surface area contributed by atoms with E-state index in [1.54, 1.807) is 0 Å². The molecule has 0 bridgehead atoms. The first-order valence-corrected chi connectivity index (χ1v) is 7.55. The van der Waals surface area contributed by atoms with E-state index < -0.39 is 0 Å². The molecule has 1 aromatic heterocycles. The van der Waals surface area contributed by atoms with Gasteiger partial charge < -0.3 is 0 Å². The first kappa shape index (κ1) is 12.3. The van der Waals surface area contributed by atoms with Crippen molar-refractivity contribution in [3.05, 3.63) is 27.6 Å². The fourth-order valence-corrected chi connectivity index (χ4v) is 2.91. The lowest BCUT2D eigenvalue weighted by molar-refractivity contribution is 0.538. The molecule has 2 rings (SSSR count). The zero-order valence-corrected chi connectivity index (χ0v) is 11.9. The number of rotatable bonds is 1. The Kier molecular flexibility index (Phi) is 5.07. The third-order valence-corrected chi connectivity index (χ3v) is 4.21. The summed E-state index contributed by atoms with van der Waals surface area (Å²) in [5, 5.41) is 0. The molecule has 0 saturated heterocycles. The van der Waals surface area contributed by atoms with Crippen LogP contribution in [0, 0.1) is 3.70 Å². The van der Waals surface area contributed by atoms with Crippen LogP contribution < -0.4 is 0 Å². The Morgan fingerprint density at radius 3 is 2.12 bits per heavy atom. The minimum atomic E-state index is 0.766. The molecule has 0 aliphatic heterocycles. The summed E-state index contributed by atoms with van der Waals surface area (Å²) in [6, 6.07) is 4.42. The van der Waals surface area contributed by atoms with E-state index in [1.807, 2.05) is 0 Å². The van der Waals surface area contributed by atoms with Crippen molar-refractivity contribution >= 4 is 22.6 Å². The highest BCUT2D eigenvalue weighted by molar-refractivity contribution is 14.1. The van der Waals surface area contributed by atoms with Crippen LogP contribution in [-0.2, 0) is 0 Å². The van der Waals surface area contributed by atoms with E-state index in [1.165, 1.54) is 56.9 Å². The molecule has 1 heterocycles. The second kappa shape index (κ2) is 6.58. The summed E-state index contributed by atoms with van der Waals surface area (Å²) in [6.45, 7) is 0. The predicted octanol–water partition coefficient (Wildman–Crippen LogP) is 4.90. The fraction of sp³-hybridized carbons (Fsp3) is 0.643. The van der Waals surface area contributed by atoms with Crippen LogP contribution in [0.2, 0.25) is 0 Å². The summed E-state index contributed by atoms with van der Waals surface area (Å²) in [5.74, 6) is 0.766. The van der Waals surface area contributed by atoms with Crippen LogP contribution in [0.3, 0.4) is 0 Å². The van der Waals surface area contributed by atoms with Gasteiger partial charge in [-0.05, 0) is 53.0 Å². The minimum Gasteiger partial charge on any atom is -0.250 e. The van der Waals surface area contributed by atoms with Crippen LogP contribution in [0.15, 0.2) is 18.3 Å². The molecule has 0 aromatic carbocycles. The minimum absolute atomic E-state index is 0.766. The van der Waals surface area contributed by atoms with Gasteiger partial charge in [-0.2, -0.15) is 0 Å². The van der Waals surface area contributed by atoms with E-state index in [4.69, 9.17) is 0 Å². The molecule has 16 heavy (non-hydrogen) atoms. The Morgan fingerprint density at radius 2 is 1.56 bits per heavy atom. The van der Waals surface area contributed by atoms with Gasteiger partial charge in [0.05, 0.1) is 0 Å². The molecule has 0 unspecified atom stereocenters. The van der Waals surface area contributed by atoms with E-state index in [0.29, 0.717) is 0 Å². The summed E-state index contributed by atoms with van der Waals surface area (Å²) in [5.41, 5.74) is 1.46. The van der Waals surface area contributed by atoms with Crippen molar-refractivity contribution in [1.29, 1.82) is 0 Å². The van der Waals surface area contributed by atoms with Crippen LogP contribution in [0.4, 0.5) is 0 Å². The standard InChI is InChI=1S/C14H20IN/c15-14-10-9-13(11-16-14)12-7-5-3-1-2-4-6-8-12/h9-12H,1-8H2. The highest BCUT2D eigenvalue weighted by atomic mass is 127. The summed E-state index contributed by atoms with van der Waals surface area (Å²) in [6.07, 6.45) is 13.3. The van der Waals surface area contributed by atoms with Gasteiger partial charge in [-0.1, -0.05) is 44.6 Å². The van der Waals surface area contributed by atoms with E-state index in [9.17, 15) is 0 Å². The maximum absolute atomic E-state index is 4.42. The zero-order chi connectivity index (χ0) is 11.2. The third-order valence-electron chi connectivity index (χ3n) is 3.58. The molecule has 0 atom stereocenters. The monoisotopic (exact) mass is 329 g/mol. The van der Waals surface area contributed by atoms with E-state index in [2.05, 4.69) is 45.9 Å². The van der Waals surface area contributed by atoms with Crippen LogP contribution in [0.1, 0.15) is 62.8 Å². The van der Waals surface area contributed by atoms with Crippen LogP contribution in [0.5, 0.6) is 0 Å². The molecule has 0 amide bonds. The van der Waals surface area contributed by atoms with Crippen molar-refractivity contribution in [3.8, 4) is 0 Å². The average Bonchev–Trinajstić information content (AvgIpc) is 2.43. The van der Waals surface area contributed by atoms with Crippen LogP contribution >= 0.6 is 22.6 Å². The Bertz CT molecular complexity index is 297. The first-order chi connectivity index (χ1) is 7.86. The molecule has 1 aliphatic rings. The van der Waals surface area contributed by atoms with Gasteiger partial charge in [-0.15, -0.1) is 0 Å². The molecular weight excluding hydrogens is 309 g/mol. The Hall–Kier alpha value is -0.120. The molecule has 1 fully saturated rings. The summed E-state index contributed by atoms with van der Waals surface area (Å²) in [7, 11) is 0. The normalized spacial score (nSPS) is 19.8. The maximum Gasteiger partial charge on any atom is 0.101 e. The molecule has 1 saturated carbocycles. The number of aromatic nitrogens is 1. The molecule has 0 N–H and O–H groups in total. The highest BCUT2D eigenvalue weighted by Crippen LogP contribution is 2.29. The number of hydrogen-bond acceptors (Lipinski definition) is 1. The maximum atomic E-state index is 4.42. The molecule has 88 valence electrons. The molecule has 1 aromatic rings. The number of nitrogens with zero attached hydrogens (tertiary/aromatic N) is 1. The van der Waals surface area contributed by atoms with Gasteiger partial charge in [0.1, 0.15) is 3.70 Å². The summed E-state index contributed by atoms with van der Waals surface area (Å²) in [4.78, 5) is 4.42. The van der Waals surface area contributed by atoms with Gasteiger partial charge in [0.2, 0.25) is 0 Å². The average molecular weight is 329 g/mol. The lowest BCUT2D eigenvalue weighted by Gasteiger charge is -2.15. The van der Waals surface area contributed by atoms with Gasteiger partial charge in [0.15, 0.2) is 0 Å². The molecule has 0 radical (unpaired) electrons. The van der Waals surface area contributed by atoms with Crippen molar-refractivity contribution in [2.24, 2.45) is 0 Å². The Morgan fingerprint density at radius 1 is 0.938 bits per heavy atom. The summed E-state index contributed by atoms with van der Waals surface area (Å²) >= 11 is 2.28. The second-order valence-corrected chi connectivity index (χ2v) is 5.92. The number of hydrogen-bond donors (Lipinski definition) is 0. The fourth-order valence-electron chi connectivity index (χ4n) is 2.60. The smallest absolute Gasteiger partial charge is 0.101 e.